The van der Waals surface area contributed by atoms with Crippen molar-refractivity contribution in [3.05, 3.63) is 0 Å². The van der Waals surface area contributed by atoms with Crippen molar-refractivity contribution in [2.24, 2.45) is 5.41 Å². The van der Waals surface area contributed by atoms with Crippen LogP contribution in [0.5, 0.6) is 0 Å². The summed E-state index contributed by atoms with van der Waals surface area (Å²) in [6, 6.07) is -0.372. The van der Waals surface area contributed by atoms with Gasteiger partial charge in [0.25, 0.3) is 0 Å². The van der Waals surface area contributed by atoms with Crippen LogP contribution in [0.4, 0.5) is 0 Å². The third-order valence-electron chi connectivity index (χ3n) is 4.64. The minimum Gasteiger partial charge on any atom is -0.467 e. The molecule has 2 unspecified atom stereocenters. The topological polar surface area (TPSA) is 58.6 Å². The number of carbonyl (C=O) groups is 2. The van der Waals surface area contributed by atoms with Gasteiger partial charge in [0, 0.05) is 13.1 Å². The first-order valence-corrected chi connectivity index (χ1v) is 7.74. The largest absolute Gasteiger partial charge is 0.467 e. The fourth-order valence-electron chi connectivity index (χ4n) is 3.64. The van der Waals surface area contributed by atoms with Gasteiger partial charge in [-0.15, -0.1) is 0 Å². The number of rotatable bonds is 4. The van der Waals surface area contributed by atoms with Gasteiger partial charge in [-0.2, -0.15) is 0 Å². The molecule has 0 bridgehead atoms. The Balaban J connectivity index is 2.16. The van der Waals surface area contributed by atoms with Gasteiger partial charge in [-0.25, -0.2) is 4.79 Å². The Kier molecular flexibility index (Phi) is 5.02. The molecule has 2 atom stereocenters. The fourth-order valence-corrected chi connectivity index (χ4v) is 3.64. The van der Waals surface area contributed by atoms with Crippen molar-refractivity contribution in [1.82, 2.24) is 10.2 Å². The van der Waals surface area contributed by atoms with E-state index in [1.54, 1.807) is 4.90 Å². The van der Waals surface area contributed by atoms with Crippen LogP contribution in [-0.2, 0) is 14.3 Å². The van der Waals surface area contributed by atoms with Crippen LogP contribution >= 0.6 is 0 Å². The highest BCUT2D eigenvalue weighted by molar-refractivity contribution is 5.89. The van der Waals surface area contributed by atoms with E-state index in [9.17, 15) is 9.59 Å². The van der Waals surface area contributed by atoms with E-state index in [0.717, 1.165) is 51.6 Å². The molecule has 2 rings (SSSR count). The highest BCUT2D eigenvalue weighted by atomic mass is 16.5. The van der Waals surface area contributed by atoms with Crippen LogP contribution in [0.2, 0.25) is 0 Å². The molecule has 2 aliphatic heterocycles. The summed E-state index contributed by atoms with van der Waals surface area (Å²) in [5.74, 6) is -0.120. The Morgan fingerprint density at radius 1 is 1.40 bits per heavy atom. The van der Waals surface area contributed by atoms with E-state index in [4.69, 9.17) is 4.74 Å². The van der Waals surface area contributed by atoms with Crippen molar-refractivity contribution >= 4 is 11.9 Å². The summed E-state index contributed by atoms with van der Waals surface area (Å²) in [6.07, 6.45) is 5.46. The van der Waals surface area contributed by atoms with Crippen molar-refractivity contribution in [1.29, 1.82) is 0 Å². The molecule has 0 spiro atoms. The minimum absolute atomic E-state index is 0.152. The lowest BCUT2D eigenvalue weighted by atomic mass is 9.75. The quantitative estimate of drug-likeness (QED) is 0.790. The Labute approximate surface area is 121 Å². The Hall–Kier alpha value is -1.10. The van der Waals surface area contributed by atoms with Gasteiger partial charge in [0.05, 0.1) is 12.5 Å². The predicted octanol–water partition coefficient (Wildman–Crippen LogP) is 1.32. The third kappa shape index (κ3) is 2.82. The molecule has 0 radical (unpaired) electrons. The van der Waals surface area contributed by atoms with E-state index >= 15 is 0 Å². The van der Waals surface area contributed by atoms with E-state index in [0.29, 0.717) is 6.54 Å². The SMILES string of the molecule is CCCC1(C(=O)N2CCCC2C(=O)OC)CCCNC1. The van der Waals surface area contributed by atoms with Crippen LogP contribution in [0, 0.1) is 5.41 Å². The van der Waals surface area contributed by atoms with Crippen LogP contribution in [0.15, 0.2) is 0 Å². The Morgan fingerprint density at radius 3 is 2.80 bits per heavy atom. The lowest BCUT2D eigenvalue weighted by Crippen LogP contribution is -2.54. The monoisotopic (exact) mass is 282 g/mol. The number of hydrogen-bond donors (Lipinski definition) is 1. The standard InChI is InChI=1S/C15H26N2O3/c1-3-7-15(8-5-9-16-11-15)14(19)17-10-4-6-12(17)13(18)20-2/h12,16H,3-11H2,1-2H3. The molecule has 114 valence electrons. The number of nitrogens with one attached hydrogen (secondary N) is 1. The van der Waals surface area contributed by atoms with E-state index in [1.807, 2.05) is 0 Å². The molecule has 0 aromatic rings. The maximum atomic E-state index is 13.0. The van der Waals surface area contributed by atoms with Gasteiger partial charge in [-0.05, 0) is 38.6 Å². The Bertz CT molecular complexity index is 359. The van der Waals surface area contributed by atoms with Gasteiger partial charge in [-0.3, -0.25) is 4.79 Å². The molecule has 20 heavy (non-hydrogen) atoms. The second kappa shape index (κ2) is 6.57. The smallest absolute Gasteiger partial charge is 0.328 e. The van der Waals surface area contributed by atoms with Crippen molar-refractivity contribution < 1.29 is 14.3 Å². The fraction of sp³-hybridized carbons (Fsp3) is 0.867. The second-order valence-electron chi connectivity index (χ2n) is 5.99. The van der Waals surface area contributed by atoms with Crippen molar-refractivity contribution in [2.75, 3.05) is 26.7 Å². The molecule has 2 fully saturated rings. The van der Waals surface area contributed by atoms with Crippen molar-refractivity contribution in [3.63, 3.8) is 0 Å². The van der Waals surface area contributed by atoms with Crippen LogP contribution in [0.1, 0.15) is 45.4 Å². The van der Waals surface area contributed by atoms with Crippen molar-refractivity contribution in [2.45, 2.75) is 51.5 Å². The van der Waals surface area contributed by atoms with E-state index in [2.05, 4.69) is 12.2 Å². The maximum Gasteiger partial charge on any atom is 0.328 e. The Morgan fingerprint density at radius 2 is 2.20 bits per heavy atom. The normalized spacial score (nSPS) is 30.3. The molecule has 0 aromatic carbocycles. The first-order chi connectivity index (χ1) is 9.64. The zero-order chi connectivity index (χ0) is 14.6. The summed E-state index contributed by atoms with van der Waals surface area (Å²) in [4.78, 5) is 26.6. The number of methoxy groups -OCH3 is 1. The molecule has 0 aliphatic carbocycles. The van der Waals surface area contributed by atoms with Gasteiger partial charge in [0.2, 0.25) is 5.91 Å². The molecule has 2 heterocycles. The molecular weight excluding hydrogens is 256 g/mol. The van der Waals surface area contributed by atoms with Crippen LogP contribution in [-0.4, -0.2) is 49.6 Å². The molecule has 2 saturated heterocycles. The first kappa shape index (κ1) is 15.3. The average molecular weight is 282 g/mol. The second-order valence-corrected chi connectivity index (χ2v) is 5.99. The number of hydrogen-bond acceptors (Lipinski definition) is 4. The number of piperidine rings is 1. The molecule has 5 nitrogen and oxygen atoms in total. The summed E-state index contributed by atoms with van der Waals surface area (Å²) in [5.41, 5.74) is -0.316. The highest BCUT2D eigenvalue weighted by Gasteiger charge is 2.46. The van der Waals surface area contributed by atoms with Gasteiger partial charge in [-0.1, -0.05) is 13.3 Å². The highest BCUT2D eigenvalue weighted by Crippen LogP contribution is 2.36. The van der Waals surface area contributed by atoms with Gasteiger partial charge in [0.1, 0.15) is 6.04 Å². The molecule has 0 aromatic heterocycles. The van der Waals surface area contributed by atoms with Crippen molar-refractivity contribution in [3.8, 4) is 0 Å². The zero-order valence-corrected chi connectivity index (χ0v) is 12.6. The number of carbonyl (C=O) groups excluding carboxylic acids is 2. The number of esters is 1. The summed E-state index contributed by atoms with van der Waals surface area (Å²) < 4.78 is 4.85. The van der Waals surface area contributed by atoms with Crippen LogP contribution in [0.25, 0.3) is 0 Å². The molecular formula is C15H26N2O3. The molecule has 2 aliphatic rings. The van der Waals surface area contributed by atoms with E-state index in [-0.39, 0.29) is 23.3 Å². The van der Waals surface area contributed by atoms with Gasteiger partial charge in [0.15, 0.2) is 0 Å². The summed E-state index contributed by atoms with van der Waals surface area (Å²) in [6.45, 7) is 4.53. The average Bonchev–Trinajstić information content (AvgIpc) is 2.96. The molecule has 1 amide bonds. The zero-order valence-electron chi connectivity index (χ0n) is 12.6. The predicted molar refractivity (Wildman–Crippen MR) is 76.2 cm³/mol. The summed E-state index contributed by atoms with van der Waals surface area (Å²) in [7, 11) is 1.40. The molecule has 1 N–H and O–H groups in total. The number of likely N-dealkylation sites (tertiary alicyclic amines) is 1. The summed E-state index contributed by atoms with van der Waals surface area (Å²) >= 11 is 0. The number of ether oxygens (including phenoxy) is 1. The van der Waals surface area contributed by atoms with Gasteiger partial charge < -0.3 is 15.0 Å². The van der Waals surface area contributed by atoms with Crippen LogP contribution in [0.3, 0.4) is 0 Å². The lowest BCUT2D eigenvalue weighted by Gasteiger charge is -2.40. The first-order valence-electron chi connectivity index (χ1n) is 7.74. The van der Waals surface area contributed by atoms with Gasteiger partial charge >= 0.3 is 5.97 Å². The van der Waals surface area contributed by atoms with Crippen LogP contribution < -0.4 is 5.32 Å². The number of nitrogens with zero attached hydrogens (tertiary/aromatic N) is 1. The van der Waals surface area contributed by atoms with E-state index in [1.165, 1.54) is 7.11 Å². The van der Waals surface area contributed by atoms with E-state index < -0.39 is 0 Å². The third-order valence-corrected chi connectivity index (χ3v) is 4.64. The molecule has 5 heteroatoms. The summed E-state index contributed by atoms with van der Waals surface area (Å²) in [5, 5.41) is 3.36. The number of amides is 1. The lowest BCUT2D eigenvalue weighted by molar-refractivity contribution is -0.156. The maximum absolute atomic E-state index is 13.0. The minimum atomic E-state index is -0.372. The molecule has 0 saturated carbocycles.